The van der Waals surface area contributed by atoms with Gasteiger partial charge < -0.3 is 9.47 Å². The van der Waals surface area contributed by atoms with Crippen LogP contribution in [0.3, 0.4) is 0 Å². The van der Waals surface area contributed by atoms with E-state index in [0.29, 0.717) is 24.9 Å². The minimum Gasteiger partial charge on any atom is -0.493 e. The van der Waals surface area contributed by atoms with E-state index < -0.39 is 5.25 Å². The predicted molar refractivity (Wildman–Crippen MR) is 132 cm³/mol. The van der Waals surface area contributed by atoms with Crippen LogP contribution in [-0.4, -0.2) is 24.4 Å². The van der Waals surface area contributed by atoms with Crippen molar-refractivity contribution in [1.29, 1.82) is 0 Å². The van der Waals surface area contributed by atoms with Crippen LogP contribution < -0.4 is 14.8 Å². The molecule has 1 saturated carbocycles. The maximum Gasteiger partial charge on any atom is 0.286 e. The Morgan fingerprint density at radius 1 is 0.970 bits per heavy atom. The molecule has 1 aliphatic heterocycles. The van der Waals surface area contributed by atoms with Crippen LogP contribution in [0.5, 0.6) is 11.5 Å². The second kappa shape index (κ2) is 11.6. The van der Waals surface area contributed by atoms with Crippen molar-refractivity contribution in [2.75, 3.05) is 13.2 Å². The second-order valence-electron chi connectivity index (χ2n) is 8.85. The maximum absolute atomic E-state index is 11.9. The lowest BCUT2D eigenvalue weighted by Crippen LogP contribution is -2.20. The number of benzene rings is 2. The van der Waals surface area contributed by atoms with E-state index in [9.17, 15) is 9.59 Å². The van der Waals surface area contributed by atoms with Crippen molar-refractivity contribution in [3.63, 3.8) is 0 Å². The van der Waals surface area contributed by atoms with Crippen molar-refractivity contribution in [2.24, 2.45) is 0 Å². The van der Waals surface area contributed by atoms with Gasteiger partial charge in [0.25, 0.3) is 5.24 Å². The molecule has 0 bridgehead atoms. The molecule has 1 aliphatic carbocycles. The van der Waals surface area contributed by atoms with Crippen molar-refractivity contribution < 1.29 is 19.1 Å². The topological polar surface area (TPSA) is 64.6 Å². The van der Waals surface area contributed by atoms with Crippen LogP contribution >= 0.6 is 11.8 Å². The third-order valence-corrected chi connectivity index (χ3v) is 7.38. The lowest BCUT2D eigenvalue weighted by Gasteiger charge is -2.23. The average Bonchev–Trinajstić information content (AvgIpc) is 3.18. The monoisotopic (exact) mass is 467 g/mol. The van der Waals surface area contributed by atoms with E-state index in [1.54, 1.807) is 0 Å². The van der Waals surface area contributed by atoms with Crippen LogP contribution in [0, 0.1) is 0 Å². The van der Waals surface area contributed by atoms with Crippen molar-refractivity contribution in [3.05, 3.63) is 59.2 Å². The third-order valence-electron chi connectivity index (χ3n) is 6.34. The first-order valence-electron chi connectivity index (χ1n) is 12.1. The number of rotatable bonds is 10. The van der Waals surface area contributed by atoms with Gasteiger partial charge in [0.2, 0.25) is 5.91 Å². The highest BCUT2D eigenvalue weighted by Gasteiger charge is 2.33. The van der Waals surface area contributed by atoms with Gasteiger partial charge in [-0.1, -0.05) is 56.9 Å². The van der Waals surface area contributed by atoms with E-state index in [1.807, 2.05) is 24.3 Å². The van der Waals surface area contributed by atoms with Crippen molar-refractivity contribution in [1.82, 2.24) is 5.32 Å². The van der Waals surface area contributed by atoms with Gasteiger partial charge in [0.1, 0.15) is 16.7 Å². The lowest BCUT2D eigenvalue weighted by molar-refractivity contribution is -0.119. The highest BCUT2D eigenvalue weighted by molar-refractivity contribution is 8.15. The number of thioether (sulfide) groups is 1. The Bertz CT molecular complexity index is 970. The fourth-order valence-corrected chi connectivity index (χ4v) is 5.49. The molecule has 2 fully saturated rings. The fourth-order valence-electron chi connectivity index (χ4n) is 4.67. The summed E-state index contributed by atoms with van der Waals surface area (Å²) in [6.07, 6.45) is 9.59. The molecule has 1 N–H and O–H groups in total. The molecule has 5 nitrogen and oxygen atoms in total. The van der Waals surface area contributed by atoms with E-state index in [-0.39, 0.29) is 11.1 Å². The Morgan fingerprint density at radius 2 is 1.79 bits per heavy atom. The molecule has 1 heterocycles. The number of nitrogens with one attached hydrogen (secondary N) is 1. The highest BCUT2D eigenvalue weighted by atomic mass is 32.2. The van der Waals surface area contributed by atoms with Gasteiger partial charge in [-0.15, -0.1) is 0 Å². The van der Waals surface area contributed by atoms with Crippen molar-refractivity contribution >= 4 is 22.9 Å². The van der Waals surface area contributed by atoms with Crippen molar-refractivity contribution in [3.8, 4) is 11.5 Å². The first-order valence-corrected chi connectivity index (χ1v) is 13.0. The van der Waals surface area contributed by atoms with Crippen LogP contribution in [0.1, 0.15) is 79.7 Å². The van der Waals surface area contributed by atoms with Crippen LogP contribution in [0.4, 0.5) is 4.79 Å². The zero-order valence-corrected chi connectivity index (χ0v) is 20.1. The summed E-state index contributed by atoms with van der Waals surface area (Å²) in [5.41, 5.74) is 3.57. The minimum absolute atomic E-state index is 0.270. The SMILES string of the molecule is CCCc1cc(C2CCCCC2)ccc1OCCCOc1cccc(C2SC(=O)NC2=O)c1. The molecule has 1 saturated heterocycles. The first-order chi connectivity index (χ1) is 16.1. The molecule has 2 aromatic carbocycles. The Hall–Kier alpha value is -2.47. The van der Waals surface area contributed by atoms with E-state index in [2.05, 4.69) is 30.4 Å². The van der Waals surface area contributed by atoms with Gasteiger partial charge >= 0.3 is 0 Å². The quantitative estimate of drug-likeness (QED) is 0.401. The molecule has 2 aliphatic rings. The molecule has 0 radical (unpaired) electrons. The zero-order valence-electron chi connectivity index (χ0n) is 19.3. The number of amides is 2. The summed E-state index contributed by atoms with van der Waals surface area (Å²) in [5, 5.41) is 1.52. The maximum atomic E-state index is 11.9. The second-order valence-corrected chi connectivity index (χ2v) is 9.93. The average molecular weight is 468 g/mol. The summed E-state index contributed by atoms with van der Waals surface area (Å²) in [5.74, 6) is 2.13. The number of hydrogen-bond acceptors (Lipinski definition) is 5. The molecule has 2 amide bonds. The van der Waals surface area contributed by atoms with E-state index in [1.165, 1.54) is 43.2 Å². The number of hydrogen-bond donors (Lipinski definition) is 1. The molecular formula is C27H33NO4S. The van der Waals surface area contributed by atoms with Gasteiger partial charge in [0.15, 0.2) is 0 Å². The molecule has 2 aromatic rings. The Kier molecular flexibility index (Phi) is 8.32. The standard InChI is InChI=1S/C27H33NO4S/c1-2-8-21-17-20(19-9-4-3-5-10-19)13-14-24(21)32-16-7-15-31-23-12-6-11-22(18-23)25-26(29)28-27(30)33-25/h6,11-14,17-19,25H,2-5,7-10,15-16H2,1H3,(H,28,29,30). The minimum atomic E-state index is -0.502. The normalized spacial score (nSPS) is 18.9. The van der Waals surface area contributed by atoms with Crippen LogP contribution in [-0.2, 0) is 11.2 Å². The highest BCUT2D eigenvalue weighted by Crippen LogP contribution is 2.36. The predicted octanol–water partition coefficient (Wildman–Crippen LogP) is 6.56. The summed E-state index contributed by atoms with van der Waals surface area (Å²) in [4.78, 5) is 23.3. The molecule has 0 spiro atoms. The lowest BCUT2D eigenvalue weighted by atomic mass is 9.83. The van der Waals surface area contributed by atoms with Gasteiger partial charge in [-0.2, -0.15) is 0 Å². The Balaban J connectivity index is 1.27. The number of aryl methyl sites for hydroxylation is 1. The van der Waals surface area contributed by atoms with Crippen LogP contribution in [0.25, 0.3) is 0 Å². The largest absolute Gasteiger partial charge is 0.493 e. The third kappa shape index (κ3) is 6.32. The summed E-state index contributed by atoms with van der Waals surface area (Å²) < 4.78 is 12.0. The molecular weight excluding hydrogens is 434 g/mol. The molecule has 1 unspecified atom stereocenters. The van der Waals surface area contributed by atoms with Gasteiger partial charge in [0, 0.05) is 6.42 Å². The smallest absolute Gasteiger partial charge is 0.286 e. The Morgan fingerprint density at radius 3 is 2.55 bits per heavy atom. The summed E-state index contributed by atoms with van der Waals surface area (Å²) in [7, 11) is 0. The van der Waals surface area contributed by atoms with Gasteiger partial charge in [-0.05, 0) is 71.8 Å². The number of imide groups is 1. The van der Waals surface area contributed by atoms with Crippen LogP contribution in [0.15, 0.2) is 42.5 Å². The van der Waals surface area contributed by atoms with Crippen molar-refractivity contribution in [2.45, 2.75) is 69.5 Å². The Labute approximate surface area is 200 Å². The van der Waals surface area contributed by atoms with E-state index in [4.69, 9.17) is 9.47 Å². The molecule has 176 valence electrons. The van der Waals surface area contributed by atoms with Gasteiger partial charge in [-0.25, -0.2) is 0 Å². The zero-order chi connectivity index (χ0) is 23.0. The molecule has 33 heavy (non-hydrogen) atoms. The number of ether oxygens (including phenoxy) is 2. The number of carbonyl (C=O) groups is 2. The molecule has 0 aromatic heterocycles. The van der Waals surface area contributed by atoms with Crippen LogP contribution in [0.2, 0.25) is 0 Å². The summed E-state index contributed by atoms with van der Waals surface area (Å²) >= 11 is 1.01. The van der Waals surface area contributed by atoms with Gasteiger partial charge in [-0.3, -0.25) is 14.9 Å². The molecule has 1 atom stereocenters. The van der Waals surface area contributed by atoms with E-state index >= 15 is 0 Å². The summed E-state index contributed by atoms with van der Waals surface area (Å²) in [6.45, 7) is 3.33. The van der Waals surface area contributed by atoms with E-state index in [0.717, 1.165) is 42.3 Å². The molecule has 6 heteroatoms. The molecule has 4 rings (SSSR count). The fraction of sp³-hybridized carbons (Fsp3) is 0.481. The number of carbonyl (C=O) groups excluding carboxylic acids is 2. The first kappa shape index (κ1) is 23.7. The summed E-state index contributed by atoms with van der Waals surface area (Å²) in [6, 6.07) is 14.2. The van der Waals surface area contributed by atoms with Gasteiger partial charge in [0.05, 0.1) is 13.2 Å².